The van der Waals surface area contributed by atoms with Crippen LogP contribution in [0.2, 0.25) is 0 Å². The first-order valence-corrected chi connectivity index (χ1v) is 7.37. The maximum atomic E-state index is 12.2. The number of methoxy groups -OCH3 is 2. The quantitative estimate of drug-likeness (QED) is 0.891. The molecule has 0 heterocycles. The Labute approximate surface area is 136 Å². The largest absolute Gasteiger partial charge is 0.497 e. The van der Waals surface area contributed by atoms with Crippen LogP contribution in [0.15, 0.2) is 48.5 Å². The lowest BCUT2D eigenvalue weighted by atomic mass is 10.2. The van der Waals surface area contributed by atoms with Crippen molar-refractivity contribution in [2.24, 2.45) is 0 Å². The molecule has 1 N–H and O–H groups in total. The predicted octanol–water partition coefficient (Wildman–Crippen LogP) is 3.05. The highest BCUT2D eigenvalue weighted by Crippen LogP contribution is 2.14. The molecule has 23 heavy (non-hydrogen) atoms. The molecule has 0 spiro atoms. The van der Waals surface area contributed by atoms with E-state index in [1.807, 2.05) is 48.5 Å². The maximum Gasteiger partial charge on any atom is 0.317 e. The number of ether oxygens (including phenoxy) is 2. The molecule has 2 amide bonds. The van der Waals surface area contributed by atoms with Gasteiger partial charge in [0.2, 0.25) is 0 Å². The van der Waals surface area contributed by atoms with Crippen LogP contribution in [0.4, 0.5) is 4.79 Å². The minimum atomic E-state index is -0.129. The van der Waals surface area contributed by atoms with Crippen molar-refractivity contribution in [1.29, 1.82) is 0 Å². The van der Waals surface area contributed by atoms with Crippen LogP contribution in [0.25, 0.3) is 0 Å². The molecule has 0 atom stereocenters. The highest BCUT2D eigenvalue weighted by atomic mass is 16.5. The lowest BCUT2D eigenvalue weighted by Gasteiger charge is -2.18. The predicted molar refractivity (Wildman–Crippen MR) is 89.7 cm³/mol. The van der Waals surface area contributed by atoms with Gasteiger partial charge in [-0.1, -0.05) is 24.3 Å². The van der Waals surface area contributed by atoms with E-state index in [4.69, 9.17) is 9.47 Å². The fraction of sp³-hybridized carbons (Fsp3) is 0.278. The molecule has 2 aromatic carbocycles. The Morgan fingerprint density at radius 1 is 1.00 bits per heavy atom. The number of urea groups is 1. The normalized spacial score (nSPS) is 10.0. The standard InChI is InChI=1S/C18H22N2O3/c1-20(13-15-7-5-9-17(11-15)23-3)18(21)19-12-14-6-4-8-16(10-14)22-2/h4-11H,12-13H2,1-3H3,(H,19,21). The molecule has 0 unspecified atom stereocenters. The van der Waals surface area contributed by atoms with Gasteiger partial charge in [0.1, 0.15) is 11.5 Å². The van der Waals surface area contributed by atoms with Crippen LogP contribution in [-0.2, 0) is 13.1 Å². The number of carbonyl (C=O) groups excluding carboxylic acids is 1. The minimum absolute atomic E-state index is 0.129. The average Bonchev–Trinajstić information content (AvgIpc) is 2.59. The summed E-state index contributed by atoms with van der Waals surface area (Å²) < 4.78 is 10.4. The molecule has 5 nitrogen and oxygen atoms in total. The van der Waals surface area contributed by atoms with Gasteiger partial charge in [-0.25, -0.2) is 4.79 Å². The molecule has 0 saturated carbocycles. The Morgan fingerprint density at radius 2 is 1.57 bits per heavy atom. The van der Waals surface area contributed by atoms with E-state index in [0.717, 1.165) is 22.6 Å². The van der Waals surface area contributed by atoms with Crippen molar-refractivity contribution in [3.05, 3.63) is 59.7 Å². The van der Waals surface area contributed by atoms with Gasteiger partial charge >= 0.3 is 6.03 Å². The average molecular weight is 314 g/mol. The second kappa shape index (κ2) is 8.08. The fourth-order valence-corrected chi connectivity index (χ4v) is 2.21. The number of amides is 2. The monoisotopic (exact) mass is 314 g/mol. The van der Waals surface area contributed by atoms with Crippen molar-refractivity contribution in [2.45, 2.75) is 13.1 Å². The SMILES string of the molecule is COc1cccc(CNC(=O)N(C)Cc2cccc(OC)c2)c1. The molecule has 0 bridgehead atoms. The van der Waals surface area contributed by atoms with E-state index in [1.54, 1.807) is 26.2 Å². The minimum Gasteiger partial charge on any atom is -0.497 e. The Bertz CT molecular complexity index is 658. The molecular formula is C18H22N2O3. The van der Waals surface area contributed by atoms with Crippen LogP contribution < -0.4 is 14.8 Å². The van der Waals surface area contributed by atoms with Crippen molar-refractivity contribution in [3.63, 3.8) is 0 Å². The third-order valence-electron chi connectivity index (χ3n) is 3.48. The number of benzene rings is 2. The van der Waals surface area contributed by atoms with Crippen LogP contribution in [0.5, 0.6) is 11.5 Å². The van der Waals surface area contributed by atoms with Crippen molar-refractivity contribution in [1.82, 2.24) is 10.2 Å². The zero-order valence-electron chi connectivity index (χ0n) is 13.7. The lowest BCUT2D eigenvalue weighted by molar-refractivity contribution is 0.206. The first kappa shape index (κ1) is 16.7. The lowest BCUT2D eigenvalue weighted by Crippen LogP contribution is -2.36. The highest BCUT2D eigenvalue weighted by molar-refractivity contribution is 5.73. The van der Waals surface area contributed by atoms with Crippen LogP contribution in [-0.4, -0.2) is 32.2 Å². The third kappa shape index (κ3) is 4.92. The van der Waals surface area contributed by atoms with Crippen molar-refractivity contribution in [2.75, 3.05) is 21.3 Å². The summed E-state index contributed by atoms with van der Waals surface area (Å²) in [6, 6.07) is 15.2. The molecule has 0 aliphatic rings. The number of hydrogen-bond acceptors (Lipinski definition) is 3. The van der Waals surface area contributed by atoms with E-state index in [-0.39, 0.29) is 6.03 Å². The van der Waals surface area contributed by atoms with Crippen LogP contribution in [0, 0.1) is 0 Å². The zero-order chi connectivity index (χ0) is 16.7. The van der Waals surface area contributed by atoms with E-state index in [9.17, 15) is 4.79 Å². The smallest absolute Gasteiger partial charge is 0.317 e. The fourth-order valence-electron chi connectivity index (χ4n) is 2.21. The van der Waals surface area contributed by atoms with Crippen molar-refractivity contribution in [3.8, 4) is 11.5 Å². The molecule has 0 fully saturated rings. The van der Waals surface area contributed by atoms with Gasteiger partial charge in [0.15, 0.2) is 0 Å². The summed E-state index contributed by atoms with van der Waals surface area (Å²) >= 11 is 0. The van der Waals surface area contributed by atoms with Crippen molar-refractivity contribution < 1.29 is 14.3 Å². The van der Waals surface area contributed by atoms with E-state index < -0.39 is 0 Å². The summed E-state index contributed by atoms with van der Waals surface area (Å²) in [5.74, 6) is 1.56. The van der Waals surface area contributed by atoms with E-state index in [1.165, 1.54) is 0 Å². The molecule has 0 aliphatic carbocycles. The van der Waals surface area contributed by atoms with Crippen LogP contribution in [0.1, 0.15) is 11.1 Å². The Kier molecular flexibility index (Phi) is 5.86. The second-order valence-corrected chi connectivity index (χ2v) is 5.22. The van der Waals surface area contributed by atoms with Gasteiger partial charge in [-0.05, 0) is 35.4 Å². The van der Waals surface area contributed by atoms with Gasteiger partial charge in [0, 0.05) is 20.1 Å². The highest BCUT2D eigenvalue weighted by Gasteiger charge is 2.09. The van der Waals surface area contributed by atoms with E-state index in [2.05, 4.69) is 5.32 Å². The van der Waals surface area contributed by atoms with Gasteiger partial charge in [-0.15, -0.1) is 0 Å². The molecule has 0 saturated heterocycles. The number of nitrogens with one attached hydrogen (secondary N) is 1. The molecule has 5 heteroatoms. The number of carbonyl (C=O) groups is 1. The van der Waals surface area contributed by atoms with Gasteiger partial charge in [-0.3, -0.25) is 0 Å². The topological polar surface area (TPSA) is 50.8 Å². The molecular weight excluding hydrogens is 292 g/mol. The van der Waals surface area contributed by atoms with Gasteiger partial charge < -0.3 is 19.7 Å². The first-order valence-electron chi connectivity index (χ1n) is 7.37. The Morgan fingerprint density at radius 3 is 2.17 bits per heavy atom. The summed E-state index contributed by atoms with van der Waals surface area (Å²) in [5, 5.41) is 2.90. The maximum absolute atomic E-state index is 12.2. The summed E-state index contributed by atoms with van der Waals surface area (Å²) in [4.78, 5) is 13.8. The summed E-state index contributed by atoms with van der Waals surface area (Å²) in [5.41, 5.74) is 2.01. The van der Waals surface area contributed by atoms with Crippen LogP contribution >= 0.6 is 0 Å². The van der Waals surface area contributed by atoms with E-state index >= 15 is 0 Å². The summed E-state index contributed by atoms with van der Waals surface area (Å²) in [6.07, 6.45) is 0. The van der Waals surface area contributed by atoms with E-state index in [0.29, 0.717) is 13.1 Å². The third-order valence-corrected chi connectivity index (χ3v) is 3.48. The van der Waals surface area contributed by atoms with Gasteiger partial charge in [-0.2, -0.15) is 0 Å². The van der Waals surface area contributed by atoms with Crippen LogP contribution in [0.3, 0.4) is 0 Å². The number of hydrogen-bond donors (Lipinski definition) is 1. The molecule has 0 radical (unpaired) electrons. The van der Waals surface area contributed by atoms with Gasteiger partial charge in [0.25, 0.3) is 0 Å². The first-order chi connectivity index (χ1) is 11.1. The Balaban J connectivity index is 1.89. The second-order valence-electron chi connectivity index (χ2n) is 5.22. The Hall–Kier alpha value is -2.69. The van der Waals surface area contributed by atoms with Gasteiger partial charge in [0.05, 0.1) is 14.2 Å². The summed E-state index contributed by atoms with van der Waals surface area (Å²) in [6.45, 7) is 0.972. The summed E-state index contributed by atoms with van der Waals surface area (Å²) in [7, 11) is 5.02. The number of nitrogens with zero attached hydrogens (tertiary/aromatic N) is 1. The molecule has 2 aromatic rings. The number of rotatable bonds is 6. The van der Waals surface area contributed by atoms with Crippen molar-refractivity contribution >= 4 is 6.03 Å². The molecule has 0 aromatic heterocycles. The zero-order valence-corrected chi connectivity index (χ0v) is 13.7. The molecule has 122 valence electrons. The molecule has 0 aliphatic heterocycles. The molecule has 2 rings (SSSR count).